The van der Waals surface area contributed by atoms with Crippen LogP contribution in [-0.4, -0.2) is 23.3 Å². The van der Waals surface area contributed by atoms with E-state index in [4.69, 9.17) is 15.1 Å². The van der Waals surface area contributed by atoms with E-state index in [0.717, 1.165) is 30.2 Å². The lowest BCUT2D eigenvalue weighted by Crippen LogP contribution is -2.47. The number of rotatable bonds is 3. The molecule has 2 unspecified atom stereocenters. The van der Waals surface area contributed by atoms with Crippen LogP contribution in [0.1, 0.15) is 31.2 Å². The summed E-state index contributed by atoms with van der Waals surface area (Å²) in [5, 5.41) is 20.5. The van der Waals surface area contributed by atoms with E-state index in [0.29, 0.717) is 11.3 Å². The molecule has 2 atom stereocenters. The maximum absolute atomic E-state index is 10.8. The SMILES string of the molecule is N#Cc1cc(Br)ccc1OC1CCCCC1NC(=O)O. The van der Waals surface area contributed by atoms with Gasteiger partial charge in [-0.1, -0.05) is 22.4 Å². The summed E-state index contributed by atoms with van der Waals surface area (Å²) in [6, 6.07) is 7.09. The number of nitrogens with zero attached hydrogens (tertiary/aromatic N) is 1. The Morgan fingerprint density at radius 2 is 2.20 bits per heavy atom. The summed E-state index contributed by atoms with van der Waals surface area (Å²) in [5.41, 5.74) is 0.444. The first kappa shape index (κ1) is 14.7. The van der Waals surface area contributed by atoms with Gasteiger partial charge in [0.15, 0.2) is 0 Å². The summed E-state index contributed by atoms with van der Waals surface area (Å²) in [6.07, 6.45) is 2.26. The van der Waals surface area contributed by atoms with E-state index in [1.807, 2.05) is 0 Å². The quantitative estimate of drug-likeness (QED) is 0.885. The monoisotopic (exact) mass is 338 g/mol. The molecule has 0 bridgehead atoms. The van der Waals surface area contributed by atoms with Gasteiger partial charge in [0.2, 0.25) is 0 Å². The van der Waals surface area contributed by atoms with Crippen LogP contribution in [0.5, 0.6) is 5.75 Å². The van der Waals surface area contributed by atoms with Crippen molar-refractivity contribution < 1.29 is 14.6 Å². The molecule has 20 heavy (non-hydrogen) atoms. The molecule has 1 aliphatic rings. The number of hydrogen-bond acceptors (Lipinski definition) is 3. The molecule has 0 radical (unpaired) electrons. The van der Waals surface area contributed by atoms with Crippen LogP contribution in [0.15, 0.2) is 22.7 Å². The fourth-order valence-corrected chi connectivity index (χ4v) is 2.78. The number of amides is 1. The van der Waals surface area contributed by atoms with Crippen LogP contribution in [0, 0.1) is 11.3 Å². The van der Waals surface area contributed by atoms with Crippen LogP contribution >= 0.6 is 15.9 Å². The second-order valence-electron chi connectivity index (χ2n) is 4.75. The molecule has 1 amide bonds. The van der Waals surface area contributed by atoms with Crippen molar-refractivity contribution in [3.63, 3.8) is 0 Å². The van der Waals surface area contributed by atoms with E-state index >= 15 is 0 Å². The second kappa shape index (κ2) is 6.62. The van der Waals surface area contributed by atoms with Crippen molar-refractivity contribution in [1.29, 1.82) is 5.26 Å². The maximum Gasteiger partial charge on any atom is 0.405 e. The number of ether oxygens (including phenoxy) is 1. The molecule has 0 aliphatic heterocycles. The Kier molecular flexibility index (Phi) is 4.85. The van der Waals surface area contributed by atoms with E-state index < -0.39 is 6.09 Å². The molecule has 1 saturated carbocycles. The topological polar surface area (TPSA) is 82.3 Å². The number of benzene rings is 1. The Hall–Kier alpha value is -1.74. The fraction of sp³-hybridized carbons (Fsp3) is 0.429. The van der Waals surface area contributed by atoms with Gasteiger partial charge in [0, 0.05) is 4.47 Å². The van der Waals surface area contributed by atoms with Gasteiger partial charge in [-0.3, -0.25) is 0 Å². The highest BCUT2D eigenvalue weighted by molar-refractivity contribution is 9.10. The van der Waals surface area contributed by atoms with Gasteiger partial charge in [0.1, 0.15) is 17.9 Å². The number of nitriles is 1. The summed E-state index contributed by atoms with van der Waals surface area (Å²) in [7, 11) is 0. The lowest BCUT2D eigenvalue weighted by atomic mass is 9.92. The Morgan fingerprint density at radius 3 is 2.90 bits per heavy atom. The predicted octanol–water partition coefficient (Wildman–Crippen LogP) is 3.28. The van der Waals surface area contributed by atoms with Gasteiger partial charge in [-0.05, 0) is 37.5 Å². The first-order valence-electron chi connectivity index (χ1n) is 6.46. The van der Waals surface area contributed by atoms with Crippen molar-refractivity contribution in [3.8, 4) is 11.8 Å². The van der Waals surface area contributed by atoms with Crippen molar-refractivity contribution in [2.24, 2.45) is 0 Å². The summed E-state index contributed by atoms with van der Waals surface area (Å²) in [5.74, 6) is 0.500. The normalized spacial score (nSPS) is 21.8. The molecule has 0 saturated heterocycles. The van der Waals surface area contributed by atoms with E-state index in [-0.39, 0.29) is 12.1 Å². The van der Waals surface area contributed by atoms with Crippen LogP contribution in [0.25, 0.3) is 0 Å². The van der Waals surface area contributed by atoms with Gasteiger partial charge < -0.3 is 15.2 Å². The number of nitrogens with one attached hydrogen (secondary N) is 1. The number of carbonyl (C=O) groups is 1. The highest BCUT2D eigenvalue weighted by Crippen LogP contribution is 2.28. The van der Waals surface area contributed by atoms with Crippen molar-refractivity contribution in [3.05, 3.63) is 28.2 Å². The van der Waals surface area contributed by atoms with Gasteiger partial charge in [-0.2, -0.15) is 5.26 Å². The van der Waals surface area contributed by atoms with Crippen LogP contribution in [0.3, 0.4) is 0 Å². The minimum Gasteiger partial charge on any atom is -0.487 e. The average molecular weight is 339 g/mol. The smallest absolute Gasteiger partial charge is 0.405 e. The lowest BCUT2D eigenvalue weighted by Gasteiger charge is -2.31. The standard InChI is InChI=1S/C14H15BrN2O3/c15-10-5-6-12(9(7-10)8-16)20-13-4-2-1-3-11(13)17-14(18)19/h5-7,11,13,17H,1-4H2,(H,18,19). The van der Waals surface area contributed by atoms with Crippen molar-refractivity contribution >= 4 is 22.0 Å². The number of carboxylic acid groups (broad SMARTS) is 1. The zero-order valence-corrected chi connectivity index (χ0v) is 12.4. The number of hydrogen-bond donors (Lipinski definition) is 2. The Balaban J connectivity index is 2.14. The molecule has 0 spiro atoms. The molecule has 0 aromatic heterocycles. The van der Waals surface area contributed by atoms with E-state index in [1.165, 1.54) is 0 Å². The predicted molar refractivity (Wildman–Crippen MR) is 76.7 cm³/mol. The highest BCUT2D eigenvalue weighted by atomic mass is 79.9. The van der Waals surface area contributed by atoms with Crippen LogP contribution in [-0.2, 0) is 0 Å². The fourth-order valence-electron chi connectivity index (χ4n) is 2.42. The molecule has 1 fully saturated rings. The molecule has 5 nitrogen and oxygen atoms in total. The summed E-state index contributed by atoms with van der Waals surface area (Å²) < 4.78 is 6.69. The third-order valence-electron chi connectivity index (χ3n) is 3.35. The van der Waals surface area contributed by atoms with E-state index in [9.17, 15) is 4.79 Å². The summed E-state index contributed by atoms with van der Waals surface area (Å²) >= 11 is 3.31. The highest BCUT2D eigenvalue weighted by Gasteiger charge is 2.28. The second-order valence-corrected chi connectivity index (χ2v) is 5.66. The molecular formula is C14H15BrN2O3. The Bertz CT molecular complexity index is 542. The third kappa shape index (κ3) is 3.64. The molecule has 1 aromatic rings. The largest absolute Gasteiger partial charge is 0.487 e. The van der Waals surface area contributed by atoms with Gasteiger partial charge in [-0.15, -0.1) is 0 Å². The van der Waals surface area contributed by atoms with Crippen LogP contribution in [0.2, 0.25) is 0 Å². The van der Waals surface area contributed by atoms with Crippen LogP contribution < -0.4 is 10.1 Å². The van der Waals surface area contributed by atoms with Gasteiger partial charge in [0.25, 0.3) is 0 Å². The first-order valence-corrected chi connectivity index (χ1v) is 7.25. The molecule has 2 rings (SSSR count). The van der Waals surface area contributed by atoms with Gasteiger partial charge in [-0.25, -0.2) is 4.79 Å². The van der Waals surface area contributed by atoms with Crippen molar-refractivity contribution in [1.82, 2.24) is 5.32 Å². The maximum atomic E-state index is 10.8. The molecule has 2 N–H and O–H groups in total. The summed E-state index contributed by atoms with van der Waals surface area (Å²) in [6.45, 7) is 0. The first-order chi connectivity index (χ1) is 9.60. The molecule has 106 valence electrons. The van der Waals surface area contributed by atoms with Crippen molar-refractivity contribution in [2.45, 2.75) is 37.8 Å². The number of halogens is 1. The molecule has 0 heterocycles. The van der Waals surface area contributed by atoms with Gasteiger partial charge >= 0.3 is 6.09 Å². The molecular weight excluding hydrogens is 324 g/mol. The van der Waals surface area contributed by atoms with Gasteiger partial charge in [0.05, 0.1) is 11.6 Å². The Labute approximate surface area is 125 Å². The zero-order valence-electron chi connectivity index (χ0n) is 10.8. The molecule has 6 heteroatoms. The molecule has 1 aliphatic carbocycles. The average Bonchev–Trinajstić information content (AvgIpc) is 2.42. The Morgan fingerprint density at radius 1 is 1.45 bits per heavy atom. The minimum atomic E-state index is -1.04. The third-order valence-corrected chi connectivity index (χ3v) is 3.85. The van der Waals surface area contributed by atoms with E-state index in [1.54, 1.807) is 18.2 Å². The minimum absolute atomic E-state index is 0.226. The molecule has 1 aromatic carbocycles. The lowest BCUT2D eigenvalue weighted by molar-refractivity contribution is 0.108. The van der Waals surface area contributed by atoms with Crippen LogP contribution in [0.4, 0.5) is 4.79 Å². The van der Waals surface area contributed by atoms with E-state index in [2.05, 4.69) is 27.3 Å². The summed E-state index contributed by atoms with van der Waals surface area (Å²) in [4.78, 5) is 10.8. The van der Waals surface area contributed by atoms with Crippen molar-refractivity contribution in [2.75, 3.05) is 0 Å². The zero-order chi connectivity index (χ0) is 14.5.